The van der Waals surface area contributed by atoms with Gasteiger partial charge in [-0.3, -0.25) is 4.79 Å². The maximum atomic E-state index is 13.6. The maximum absolute atomic E-state index is 13.6. The second-order valence-corrected chi connectivity index (χ2v) is 5.02. The molecule has 0 fully saturated rings. The molecule has 0 aromatic heterocycles. The summed E-state index contributed by atoms with van der Waals surface area (Å²) in [4.78, 5) is 12.0. The fourth-order valence-electron chi connectivity index (χ4n) is 1.70. The van der Waals surface area contributed by atoms with E-state index in [0.717, 1.165) is 6.07 Å². The van der Waals surface area contributed by atoms with Crippen LogP contribution in [-0.4, -0.2) is 11.0 Å². The minimum atomic E-state index is -0.832. The smallest absolute Gasteiger partial charge is 0.262 e. The molecule has 1 amide bonds. The third-order valence-corrected chi connectivity index (χ3v) is 3.34. The lowest BCUT2D eigenvalue weighted by molar-refractivity contribution is 0.102. The largest absolute Gasteiger partial charge is 0.507 e. The summed E-state index contributed by atoms with van der Waals surface area (Å²) < 4.78 is 27.0. The number of rotatable bonds is 2. The van der Waals surface area contributed by atoms with Crippen LogP contribution in [-0.2, 0) is 0 Å². The zero-order valence-corrected chi connectivity index (χ0v) is 12.0. The van der Waals surface area contributed by atoms with E-state index < -0.39 is 28.9 Å². The van der Waals surface area contributed by atoms with Gasteiger partial charge in [-0.2, -0.15) is 0 Å². The number of amides is 1. The third-order valence-electron chi connectivity index (χ3n) is 2.73. The first-order valence-corrected chi connectivity index (χ1v) is 6.44. The first kappa shape index (κ1) is 14.5. The second kappa shape index (κ2) is 5.58. The molecule has 0 spiro atoms. The summed E-state index contributed by atoms with van der Waals surface area (Å²) in [6.07, 6.45) is 0. The van der Waals surface area contributed by atoms with Gasteiger partial charge in [-0.05, 0) is 52.7 Å². The summed E-state index contributed by atoms with van der Waals surface area (Å²) >= 11 is 3.01. The van der Waals surface area contributed by atoms with Gasteiger partial charge in [-0.15, -0.1) is 0 Å². The quantitative estimate of drug-likeness (QED) is 0.867. The summed E-state index contributed by atoms with van der Waals surface area (Å²) in [7, 11) is 0. The molecule has 6 heteroatoms. The number of anilines is 1. The predicted molar refractivity (Wildman–Crippen MR) is 74.9 cm³/mol. The molecule has 0 heterocycles. The Hall–Kier alpha value is -1.95. The molecule has 0 atom stereocenters. The highest BCUT2D eigenvalue weighted by Crippen LogP contribution is 2.26. The van der Waals surface area contributed by atoms with Gasteiger partial charge in [-0.25, -0.2) is 8.78 Å². The van der Waals surface area contributed by atoms with Crippen LogP contribution in [0.25, 0.3) is 0 Å². The number of aryl methyl sites for hydroxylation is 1. The standard InChI is InChI=1S/C14H10BrF2NO2/c1-7-5-10(17)8(15)6-11(7)18-14(20)13-9(16)3-2-4-12(13)19/h2-6,19H,1H3,(H,18,20). The monoisotopic (exact) mass is 341 g/mol. The number of carbonyl (C=O) groups is 1. The number of aromatic hydroxyl groups is 1. The molecule has 0 aliphatic carbocycles. The zero-order chi connectivity index (χ0) is 14.9. The number of hydrogen-bond donors (Lipinski definition) is 2. The second-order valence-electron chi connectivity index (χ2n) is 4.17. The molecule has 0 saturated carbocycles. The molecular weight excluding hydrogens is 332 g/mol. The van der Waals surface area contributed by atoms with E-state index in [-0.39, 0.29) is 4.47 Å². The van der Waals surface area contributed by atoms with E-state index >= 15 is 0 Å². The highest BCUT2D eigenvalue weighted by Gasteiger charge is 2.17. The molecule has 104 valence electrons. The molecule has 20 heavy (non-hydrogen) atoms. The molecular formula is C14H10BrF2NO2. The first-order chi connectivity index (χ1) is 9.40. The van der Waals surface area contributed by atoms with Gasteiger partial charge in [0.15, 0.2) is 0 Å². The number of phenols is 1. The van der Waals surface area contributed by atoms with Crippen molar-refractivity contribution >= 4 is 27.5 Å². The van der Waals surface area contributed by atoms with E-state index in [4.69, 9.17) is 0 Å². The van der Waals surface area contributed by atoms with E-state index in [1.807, 2.05) is 0 Å². The average molecular weight is 342 g/mol. The van der Waals surface area contributed by atoms with Crippen LogP contribution in [0.4, 0.5) is 14.5 Å². The lowest BCUT2D eigenvalue weighted by Gasteiger charge is -2.11. The topological polar surface area (TPSA) is 49.3 Å². The Balaban J connectivity index is 2.35. The summed E-state index contributed by atoms with van der Waals surface area (Å²) in [6.45, 7) is 1.60. The van der Waals surface area contributed by atoms with E-state index in [9.17, 15) is 18.7 Å². The summed E-state index contributed by atoms with van der Waals surface area (Å²) in [5, 5.41) is 12.0. The third kappa shape index (κ3) is 2.80. The van der Waals surface area contributed by atoms with Crippen molar-refractivity contribution in [1.29, 1.82) is 0 Å². The Morgan fingerprint density at radius 2 is 1.95 bits per heavy atom. The van der Waals surface area contributed by atoms with Crippen LogP contribution in [0.3, 0.4) is 0 Å². The van der Waals surface area contributed by atoms with Gasteiger partial charge < -0.3 is 10.4 Å². The molecule has 2 aromatic carbocycles. The van der Waals surface area contributed by atoms with Gasteiger partial charge in [0.05, 0.1) is 4.47 Å². The van der Waals surface area contributed by atoms with Crippen molar-refractivity contribution in [2.24, 2.45) is 0 Å². The SMILES string of the molecule is Cc1cc(F)c(Br)cc1NC(=O)c1c(O)cccc1F. The van der Waals surface area contributed by atoms with E-state index in [2.05, 4.69) is 21.2 Å². The summed E-state index contributed by atoms with van der Waals surface area (Å²) in [5.74, 6) is -2.56. The van der Waals surface area contributed by atoms with Crippen LogP contribution in [0.5, 0.6) is 5.75 Å². The van der Waals surface area contributed by atoms with Crippen LogP contribution in [0.1, 0.15) is 15.9 Å². The molecule has 2 N–H and O–H groups in total. The van der Waals surface area contributed by atoms with E-state index in [0.29, 0.717) is 11.3 Å². The lowest BCUT2D eigenvalue weighted by atomic mass is 10.1. The van der Waals surface area contributed by atoms with Crippen molar-refractivity contribution in [2.75, 3.05) is 5.32 Å². The highest BCUT2D eigenvalue weighted by molar-refractivity contribution is 9.10. The molecule has 0 aliphatic heterocycles. The molecule has 2 aromatic rings. The van der Waals surface area contributed by atoms with Crippen LogP contribution in [0.15, 0.2) is 34.8 Å². The normalized spacial score (nSPS) is 10.4. The summed E-state index contributed by atoms with van der Waals surface area (Å²) in [6, 6.07) is 6.19. The molecule has 0 saturated heterocycles. The number of carbonyl (C=O) groups excluding carboxylic acids is 1. The molecule has 0 aliphatic rings. The number of benzene rings is 2. The molecule has 0 bridgehead atoms. The van der Waals surface area contributed by atoms with Crippen molar-refractivity contribution in [3.63, 3.8) is 0 Å². The van der Waals surface area contributed by atoms with Gasteiger partial charge >= 0.3 is 0 Å². The number of hydrogen-bond acceptors (Lipinski definition) is 2. The fraction of sp³-hybridized carbons (Fsp3) is 0.0714. The Labute approximate surface area is 122 Å². The van der Waals surface area contributed by atoms with Gasteiger partial charge in [0.2, 0.25) is 0 Å². The van der Waals surface area contributed by atoms with Gasteiger partial charge in [0.1, 0.15) is 22.9 Å². The predicted octanol–water partition coefficient (Wildman–Crippen LogP) is 3.99. The van der Waals surface area contributed by atoms with Crippen LogP contribution < -0.4 is 5.32 Å². The fourth-order valence-corrected chi connectivity index (χ4v) is 2.05. The molecule has 0 radical (unpaired) electrons. The van der Waals surface area contributed by atoms with Gasteiger partial charge in [0.25, 0.3) is 5.91 Å². The Morgan fingerprint density at radius 3 is 2.60 bits per heavy atom. The lowest BCUT2D eigenvalue weighted by Crippen LogP contribution is -2.15. The van der Waals surface area contributed by atoms with E-state index in [1.54, 1.807) is 6.92 Å². The Bertz CT molecular complexity index is 669. The van der Waals surface area contributed by atoms with Crippen LogP contribution in [0, 0.1) is 18.6 Å². The highest BCUT2D eigenvalue weighted by atomic mass is 79.9. The average Bonchev–Trinajstić information content (AvgIpc) is 2.35. The minimum absolute atomic E-state index is 0.177. The number of nitrogens with one attached hydrogen (secondary N) is 1. The van der Waals surface area contributed by atoms with Crippen molar-refractivity contribution < 1.29 is 18.7 Å². The van der Waals surface area contributed by atoms with E-state index in [1.165, 1.54) is 24.3 Å². The van der Waals surface area contributed by atoms with Crippen LogP contribution >= 0.6 is 15.9 Å². The summed E-state index contributed by atoms with van der Waals surface area (Å²) in [5.41, 5.74) is 0.355. The maximum Gasteiger partial charge on any atom is 0.262 e. The molecule has 0 unspecified atom stereocenters. The van der Waals surface area contributed by atoms with Gasteiger partial charge in [-0.1, -0.05) is 6.07 Å². The van der Waals surface area contributed by atoms with Gasteiger partial charge in [0, 0.05) is 5.69 Å². The number of phenolic OH excluding ortho intramolecular Hbond substituents is 1. The van der Waals surface area contributed by atoms with Crippen molar-refractivity contribution in [3.05, 3.63) is 57.6 Å². The zero-order valence-electron chi connectivity index (χ0n) is 10.4. The first-order valence-electron chi connectivity index (χ1n) is 5.64. The minimum Gasteiger partial charge on any atom is -0.507 e. The van der Waals surface area contributed by atoms with Crippen molar-refractivity contribution in [2.45, 2.75) is 6.92 Å². The molecule has 3 nitrogen and oxygen atoms in total. The Kier molecular flexibility index (Phi) is 4.04. The Morgan fingerprint density at radius 1 is 1.25 bits per heavy atom. The van der Waals surface area contributed by atoms with Crippen LogP contribution in [0.2, 0.25) is 0 Å². The van der Waals surface area contributed by atoms with Crippen molar-refractivity contribution in [1.82, 2.24) is 0 Å². The number of halogens is 3. The van der Waals surface area contributed by atoms with Crippen molar-refractivity contribution in [3.8, 4) is 5.75 Å². The molecule has 2 rings (SSSR count).